The van der Waals surface area contributed by atoms with Crippen LogP contribution in [0.25, 0.3) is 16.0 Å². The average Bonchev–Trinajstić information content (AvgIpc) is 3.39. The zero-order valence-electron chi connectivity index (χ0n) is 18.5. The predicted molar refractivity (Wildman–Crippen MR) is 128 cm³/mol. The molecule has 0 amide bonds. The van der Waals surface area contributed by atoms with Crippen LogP contribution in [0.5, 0.6) is 0 Å². The van der Waals surface area contributed by atoms with E-state index < -0.39 is 27.8 Å². The number of carboxylic acids is 1. The van der Waals surface area contributed by atoms with E-state index in [-0.39, 0.29) is 33.0 Å². The SMILES string of the molecule is COC(=O)C(C)(C)c1c(CC2OCCS2)cc(C(=O)O)cc1-n1c(=O)sc2c(=O)[nH]c(N)nc21. The van der Waals surface area contributed by atoms with Crippen LogP contribution < -0.4 is 16.2 Å². The number of nitrogens with two attached hydrogens (primary N) is 1. The maximum absolute atomic E-state index is 13.1. The van der Waals surface area contributed by atoms with E-state index in [1.165, 1.54) is 19.2 Å². The fourth-order valence-corrected chi connectivity index (χ4v) is 5.84. The molecular weight excluding hydrogens is 484 g/mol. The van der Waals surface area contributed by atoms with Crippen molar-refractivity contribution in [3.8, 4) is 5.69 Å². The van der Waals surface area contributed by atoms with Crippen LogP contribution in [0.2, 0.25) is 0 Å². The number of carbonyl (C=O) groups excluding carboxylic acids is 1. The number of methoxy groups -OCH3 is 1. The van der Waals surface area contributed by atoms with Crippen molar-refractivity contribution in [2.45, 2.75) is 31.1 Å². The standard InChI is InChI=1S/C21H22N4O7S2/c1-21(2,18(29)31-3)13-9(8-12-32-4-5-33-12)6-10(17(27)28)7-11(13)25-15-14(34-20(25)30)16(26)24-19(22)23-15/h6-7,12H,4-5,8H2,1-3H3,(H,27,28)(H3,22,23,24,26). The van der Waals surface area contributed by atoms with Crippen molar-refractivity contribution in [1.29, 1.82) is 0 Å². The molecule has 0 spiro atoms. The first-order valence-electron chi connectivity index (χ1n) is 10.2. The zero-order chi connectivity index (χ0) is 24.8. The van der Waals surface area contributed by atoms with Crippen LogP contribution in [0, 0.1) is 0 Å². The highest BCUT2D eigenvalue weighted by atomic mass is 32.2. The van der Waals surface area contributed by atoms with E-state index in [4.69, 9.17) is 15.2 Å². The van der Waals surface area contributed by atoms with Gasteiger partial charge in [0.1, 0.15) is 10.1 Å². The Morgan fingerprint density at radius 3 is 2.74 bits per heavy atom. The number of aromatic amines is 1. The Morgan fingerprint density at radius 2 is 2.12 bits per heavy atom. The number of thioether (sulfide) groups is 1. The largest absolute Gasteiger partial charge is 0.478 e. The Kier molecular flexibility index (Phi) is 6.27. The number of thiazole rings is 1. The molecule has 1 aromatic carbocycles. The van der Waals surface area contributed by atoms with Gasteiger partial charge in [0.2, 0.25) is 5.95 Å². The number of aromatic carboxylic acids is 1. The molecule has 1 fully saturated rings. The van der Waals surface area contributed by atoms with Crippen molar-refractivity contribution in [2.75, 3.05) is 25.2 Å². The van der Waals surface area contributed by atoms with Gasteiger partial charge in [-0.05, 0) is 37.1 Å². The van der Waals surface area contributed by atoms with Crippen molar-refractivity contribution < 1.29 is 24.2 Å². The molecule has 1 unspecified atom stereocenters. The molecule has 3 heterocycles. The van der Waals surface area contributed by atoms with E-state index in [0.717, 1.165) is 10.3 Å². The maximum Gasteiger partial charge on any atom is 0.335 e. The first kappa shape index (κ1) is 24.0. The van der Waals surface area contributed by atoms with Gasteiger partial charge in [0.25, 0.3) is 5.56 Å². The van der Waals surface area contributed by atoms with Gasteiger partial charge < -0.3 is 20.3 Å². The second kappa shape index (κ2) is 8.89. The van der Waals surface area contributed by atoms with Crippen molar-refractivity contribution >= 4 is 51.3 Å². The van der Waals surface area contributed by atoms with Crippen LogP contribution in [0.4, 0.5) is 5.95 Å². The van der Waals surface area contributed by atoms with E-state index >= 15 is 0 Å². The molecule has 1 aliphatic rings. The maximum atomic E-state index is 13.1. The van der Waals surface area contributed by atoms with E-state index in [0.29, 0.717) is 35.5 Å². The third-order valence-electron chi connectivity index (χ3n) is 5.55. The molecule has 0 saturated carbocycles. The Labute approximate surface area is 200 Å². The summed E-state index contributed by atoms with van der Waals surface area (Å²) in [6, 6.07) is 2.77. The van der Waals surface area contributed by atoms with E-state index in [2.05, 4.69) is 9.97 Å². The number of hydrogen-bond acceptors (Lipinski definition) is 10. The molecule has 4 rings (SSSR count). The number of nitrogen functional groups attached to an aromatic ring is 1. The fourth-order valence-electron chi connectivity index (χ4n) is 4.07. The molecule has 0 bridgehead atoms. The summed E-state index contributed by atoms with van der Waals surface area (Å²) in [5.74, 6) is -1.23. The van der Waals surface area contributed by atoms with Crippen molar-refractivity contribution in [3.63, 3.8) is 0 Å². The summed E-state index contributed by atoms with van der Waals surface area (Å²) in [7, 11) is 1.25. The minimum absolute atomic E-state index is 0.0259. The van der Waals surface area contributed by atoms with Gasteiger partial charge in [0.05, 0.1) is 30.4 Å². The summed E-state index contributed by atoms with van der Waals surface area (Å²) in [5, 5.41) is 9.81. The molecule has 3 aromatic rings. The summed E-state index contributed by atoms with van der Waals surface area (Å²) < 4.78 is 11.9. The smallest absolute Gasteiger partial charge is 0.335 e. The van der Waals surface area contributed by atoms with Crippen molar-refractivity contribution in [1.82, 2.24) is 14.5 Å². The molecule has 11 nitrogen and oxygen atoms in total. The first-order chi connectivity index (χ1) is 16.0. The van der Waals surface area contributed by atoms with Crippen molar-refractivity contribution in [2.24, 2.45) is 0 Å². The second-order valence-electron chi connectivity index (χ2n) is 8.13. The highest BCUT2D eigenvalue weighted by molar-refractivity contribution is 7.99. The van der Waals surface area contributed by atoms with E-state index in [9.17, 15) is 24.3 Å². The van der Waals surface area contributed by atoms with Gasteiger partial charge in [-0.2, -0.15) is 4.98 Å². The minimum atomic E-state index is -1.29. The normalized spacial score (nSPS) is 16.1. The monoisotopic (exact) mass is 506 g/mol. The van der Waals surface area contributed by atoms with E-state index in [1.807, 2.05) is 0 Å². The van der Waals surface area contributed by atoms with Gasteiger partial charge >= 0.3 is 16.8 Å². The van der Waals surface area contributed by atoms with Crippen LogP contribution in [0.1, 0.15) is 35.3 Å². The fraction of sp³-hybridized carbons (Fsp3) is 0.381. The topological polar surface area (TPSA) is 167 Å². The number of aromatic nitrogens is 3. The second-order valence-corrected chi connectivity index (χ2v) is 10.4. The molecule has 1 atom stereocenters. The zero-order valence-corrected chi connectivity index (χ0v) is 20.2. The number of anilines is 1. The number of hydrogen-bond donors (Lipinski definition) is 3. The van der Waals surface area contributed by atoms with Crippen LogP contribution >= 0.6 is 23.1 Å². The molecule has 1 saturated heterocycles. The molecule has 34 heavy (non-hydrogen) atoms. The quantitative estimate of drug-likeness (QED) is 0.417. The Balaban J connectivity index is 2.12. The molecule has 0 radical (unpaired) electrons. The van der Waals surface area contributed by atoms with Crippen molar-refractivity contribution in [3.05, 3.63) is 48.8 Å². The average molecular weight is 507 g/mol. The number of ether oxygens (including phenoxy) is 2. The lowest BCUT2D eigenvalue weighted by Crippen LogP contribution is -2.34. The lowest BCUT2D eigenvalue weighted by atomic mass is 9.79. The van der Waals surface area contributed by atoms with Crippen LogP contribution in [0.3, 0.4) is 0 Å². The molecule has 2 aromatic heterocycles. The lowest BCUT2D eigenvalue weighted by Gasteiger charge is -2.29. The number of carbonyl (C=O) groups is 2. The Morgan fingerprint density at radius 1 is 1.38 bits per heavy atom. The third kappa shape index (κ3) is 4.10. The van der Waals surface area contributed by atoms with E-state index in [1.54, 1.807) is 25.6 Å². The van der Waals surface area contributed by atoms with Crippen LogP contribution in [-0.4, -0.2) is 56.5 Å². The number of benzene rings is 1. The van der Waals surface area contributed by atoms with Gasteiger partial charge in [-0.1, -0.05) is 11.3 Å². The Hall–Kier alpha value is -3.16. The number of H-pyrrole nitrogens is 1. The predicted octanol–water partition coefficient (Wildman–Crippen LogP) is 1.50. The number of carboxylic acid groups (broad SMARTS) is 1. The molecular formula is C21H22N4O7S2. The first-order valence-corrected chi connectivity index (χ1v) is 12.0. The molecule has 4 N–H and O–H groups in total. The number of esters is 1. The number of fused-ring (bicyclic) bond motifs is 1. The van der Waals surface area contributed by atoms with Crippen LogP contribution in [0.15, 0.2) is 21.7 Å². The summed E-state index contributed by atoms with van der Waals surface area (Å²) in [4.78, 5) is 56.3. The van der Waals surface area contributed by atoms with Crippen LogP contribution in [-0.2, 0) is 26.1 Å². The van der Waals surface area contributed by atoms with Gasteiger partial charge in [0, 0.05) is 12.2 Å². The summed E-state index contributed by atoms with van der Waals surface area (Å²) in [6.45, 7) is 3.80. The summed E-state index contributed by atoms with van der Waals surface area (Å²) in [5.41, 5.74) is 4.46. The highest BCUT2D eigenvalue weighted by Crippen LogP contribution is 2.37. The summed E-state index contributed by atoms with van der Waals surface area (Å²) >= 11 is 2.22. The molecule has 0 aliphatic carbocycles. The summed E-state index contributed by atoms with van der Waals surface area (Å²) in [6.07, 6.45) is 0.293. The van der Waals surface area contributed by atoms with Gasteiger partial charge in [-0.15, -0.1) is 11.8 Å². The number of nitrogens with one attached hydrogen (secondary N) is 1. The highest BCUT2D eigenvalue weighted by Gasteiger charge is 2.38. The van der Waals surface area contributed by atoms with Gasteiger partial charge in [-0.3, -0.25) is 23.9 Å². The lowest BCUT2D eigenvalue weighted by molar-refractivity contribution is -0.146. The molecule has 1 aliphatic heterocycles. The molecule has 180 valence electrons. The van der Waals surface area contributed by atoms with Gasteiger partial charge in [-0.25, -0.2) is 4.79 Å². The number of nitrogens with zero attached hydrogens (tertiary/aromatic N) is 2. The third-order valence-corrected chi connectivity index (χ3v) is 7.55. The molecule has 13 heteroatoms. The number of rotatable bonds is 6. The minimum Gasteiger partial charge on any atom is -0.478 e. The Bertz CT molecular complexity index is 1420. The van der Waals surface area contributed by atoms with Gasteiger partial charge in [0.15, 0.2) is 5.65 Å².